The number of carbonyl (C=O) groups is 2. The Balaban J connectivity index is 1.75. The minimum Gasteiger partial charge on any atom is -0.497 e. The van der Waals surface area contributed by atoms with Gasteiger partial charge in [-0.1, -0.05) is 46.3 Å². The zero-order chi connectivity index (χ0) is 22.2. The molecule has 1 atom stereocenters. The van der Waals surface area contributed by atoms with Crippen molar-refractivity contribution >= 4 is 50.6 Å². The van der Waals surface area contributed by atoms with E-state index in [0.717, 1.165) is 4.47 Å². The summed E-state index contributed by atoms with van der Waals surface area (Å²) in [5, 5.41) is 8.82. The molecule has 31 heavy (non-hydrogen) atoms. The van der Waals surface area contributed by atoms with E-state index in [1.54, 1.807) is 79.9 Å². The van der Waals surface area contributed by atoms with Crippen molar-refractivity contribution in [2.45, 2.75) is 6.17 Å². The monoisotopic (exact) mass is 497 g/mol. The zero-order valence-corrected chi connectivity index (χ0v) is 19.0. The number of nitrogens with one attached hydrogen (secondary N) is 3. The van der Waals surface area contributed by atoms with E-state index in [-0.39, 0.29) is 10.9 Å². The van der Waals surface area contributed by atoms with Crippen LogP contribution in [0.1, 0.15) is 20.7 Å². The molecule has 0 fully saturated rings. The van der Waals surface area contributed by atoms with Gasteiger partial charge in [-0.25, -0.2) is 0 Å². The van der Waals surface area contributed by atoms with Gasteiger partial charge >= 0.3 is 0 Å². The molecule has 8 heteroatoms. The molecule has 1 amide bonds. The molecule has 3 N–H and O–H groups in total. The number of hydrogen-bond donors (Lipinski definition) is 3. The molecule has 0 saturated carbocycles. The maximum absolute atomic E-state index is 13.0. The van der Waals surface area contributed by atoms with Crippen LogP contribution in [0.3, 0.4) is 0 Å². The van der Waals surface area contributed by atoms with Crippen LogP contribution in [-0.4, -0.2) is 30.1 Å². The number of carbonyl (C=O) groups excluding carboxylic acids is 2. The molecule has 0 spiro atoms. The van der Waals surface area contributed by atoms with Gasteiger partial charge in [0.05, 0.1) is 7.11 Å². The van der Waals surface area contributed by atoms with Crippen molar-refractivity contribution in [2.75, 3.05) is 12.4 Å². The van der Waals surface area contributed by atoms with Crippen LogP contribution in [0.5, 0.6) is 5.75 Å². The number of Topliss-reactive ketones (excluding diaryl/α,β-unsaturated/α-hetero) is 1. The highest BCUT2D eigenvalue weighted by molar-refractivity contribution is 9.10. The lowest BCUT2D eigenvalue weighted by Crippen LogP contribution is -2.53. The Morgan fingerprint density at radius 3 is 2.13 bits per heavy atom. The highest BCUT2D eigenvalue weighted by Gasteiger charge is 2.23. The van der Waals surface area contributed by atoms with Crippen LogP contribution in [0, 0.1) is 0 Å². The van der Waals surface area contributed by atoms with Gasteiger partial charge in [0.25, 0.3) is 5.91 Å². The number of methoxy groups -OCH3 is 1. The van der Waals surface area contributed by atoms with Crippen LogP contribution in [0.25, 0.3) is 0 Å². The van der Waals surface area contributed by atoms with Gasteiger partial charge in [0.2, 0.25) is 5.78 Å². The summed E-state index contributed by atoms with van der Waals surface area (Å²) < 4.78 is 5.99. The first-order valence-electron chi connectivity index (χ1n) is 9.33. The highest BCUT2D eigenvalue weighted by atomic mass is 79.9. The molecule has 0 radical (unpaired) electrons. The number of rotatable bonds is 7. The third kappa shape index (κ3) is 6.37. The van der Waals surface area contributed by atoms with Gasteiger partial charge in [0.15, 0.2) is 11.3 Å². The summed E-state index contributed by atoms with van der Waals surface area (Å²) in [6, 6.07) is 22.7. The van der Waals surface area contributed by atoms with E-state index in [1.807, 2.05) is 6.07 Å². The van der Waals surface area contributed by atoms with Gasteiger partial charge in [-0.2, -0.15) is 0 Å². The first kappa shape index (κ1) is 22.5. The summed E-state index contributed by atoms with van der Waals surface area (Å²) in [5.74, 6) is -0.00482. The fourth-order valence-corrected chi connectivity index (χ4v) is 3.22. The second-order valence-corrected chi connectivity index (χ2v) is 7.79. The highest BCUT2D eigenvalue weighted by Crippen LogP contribution is 2.15. The SMILES string of the molecule is COc1ccc(NC(=S)N[C@@H](NC(=O)c2ccc(Br)cc2)C(=O)c2ccccc2)cc1. The lowest BCUT2D eigenvalue weighted by molar-refractivity contribution is 0.0850. The van der Waals surface area contributed by atoms with E-state index in [1.165, 1.54) is 0 Å². The Bertz CT molecular complexity index is 1060. The topological polar surface area (TPSA) is 79.5 Å². The van der Waals surface area contributed by atoms with Crippen LogP contribution >= 0.6 is 28.1 Å². The normalized spacial score (nSPS) is 11.2. The molecule has 0 bridgehead atoms. The summed E-state index contributed by atoms with van der Waals surface area (Å²) in [5.41, 5.74) is 1.58. The standard InChI is InChI=1S/C23H20BrN3O3S/c1-30-19-13-11-18(12-14-19)25-23(31)27-21(20(28)15-5-3-2-4-6-15)26-22(29)16-7-9-17(24)10-8-16/h2-14,21H,1H3,(H,26,29)(H2,25,27,31)/t21-/m1/s1. The van der Waals surface area contributed by atoms with Crippen LogP contribution < -0.4 is 20.7 Å². The fraction of sp³-hybridized carbons (Fsp3) is 0.0870. The van der Waals surface area contributed by atoms with Crippen molar-refractivity contribution in [3.05, 3.63) is 94.5 Å². The van der Waals surface area contributed by atoms with Crippen molar-refractivity contribution in [3.8, 4) is 5.75 Å². The smallest absolute Gasteiger partial charge is 0.253 e. The van der Waals surface area contributed by atoms with Crippen molar-refractivity contribution in [1.82, 2.24) is 10.6 Å². The minimum atomic E-state index is -1.06. The number of anilines is 1. The van der Waals surface area contributed by atoms with Crippen LogP contribution in [0.4, 0.5) is 5.69 Å². The summed E-state index contributed by atoms with van der Waals surface area (Å²) in [6.07, 6.45) is -1.06. The molecule has 3 rings (SSSR count). The van der Waals surface area contributed by atoms with Gasteiger partial charge in [0, 0.05) is 21.3 Å². The number of ketones is 1. The van der Waals surface area contributed by atoms with Crippen LogP contribution in [0.15, 0.2) is 83.3 Å². The number of amides is 1. The Kier molecular flexibility index (Phi) is 7.75. The average molecular weight is 498 g/mol. The Morgan fingerprint density at radius 1 is 0.871 bits per heavy atom. The van der Waals surface area contributed by atoms with Gasteiger partial charge < -0.3 is 20.7 Å². The summed E-state index contributed by atoms with van der Waals surface area (Å²) in [7, 11) is 1.59. The molecule has 0 aliphatic rings. The van der Waals surface area contributed by atoms with Gasteiger partial charge in [0.1, 0.15) is 5.75 Å². The maximum Gasteiger partial charge on any atom is 0.253 e. The largest absolute Gasteiger partial charge is 0.497 e. The Morgan fingerprint density at radius 2 is 1.52 bits per heavy atom. The first-order chi connectivity index (χ1) is 15.0. The molecule has 0 aromatic heterocycles. The summed E-state index contributed by atoms with van der Waals surface area (Å²) in [6.45, 7) is 0. The molecule has 0 aliphatic carbocycles. The van der Waals surface area contributed by atoms with E-state index in [4.69, 9.17) is 17.0 Å². The van der Waals surface area contributed by atoms with E-state index < -0.39 is 12.1 Å². The lowest BCUT2D eigenvalue weighted by atomic mass is 10.1. The van der Waals surface area contributed by atoms with Gasteiger partial charge in [-0.3, -0.25) is 9.59 Å². The first-order valence-corrected chi connectivity index (χ1v) is 10.5. The van der Waals surface area contributed by atoms with Crippen LogP contribution in [-0.2, 0) is 0 Å². The number of benzene rings is 3. The van der Waals surface area contributed by atoms with Crippen molar-refractivity contribution in [3.63, 3.8) is 0 Å². The van der Waals surface area contributed by atoms with Gasteiger partial charge in [-0.05, 0) is 60.7 Å². The van der Waals surface area contributed by atoms with E-state index in [0.29, 0.717) is 22.6 Å². The maximum atomic E-state index is 13.0. The summed E-state index contributed by atoms with van der Waals surface area (Å²) in [4.78, 5) is 25.8. The zero-order valence-electron chi connectivity index (χ0n) is 16.6. The van der Waals surface area contributed by atoms with E-state index >= 15 is 0 Å². The number of hydrogen-bond acceptors (Lipinski definition) is 4. The quantitative estimate of drug-likeness (QED) is 0.255. The van der Waals surface area contributed by atoms with Crippen LogP contribution in [0.2, 0.25) is 0 Å². The molecule has 0 aliphatic heterocycles. The van der Waals surface area contributed by atoms with Crippen molar-refractivity contribution in [2.24, 2.45) is 0 Å². The molecule has 158 valence electrons. The second kappa shape index (κ2) is 10.7. The van der Waals surface area contributed by atoms with E-state index in [9.17, 15) is 9.59 Å². The third-order valence-corrected chi connectivity index (χ3v) is 5.07. The number of thiocarbonyl (C=S) groups is 1. The molecule has 6 nitrogen and oxygen atoms in total. The Labute approximate surface area is 194 Å². The van der Waals surface area contributed by atoms with E-state index in [2.05, 4.69) is 31.9 Å². The predicted molar refractivity (Wildman–Crippen MR) is 129 cm³/mol. The molecule has 0 heterocycles. The van der Waals surface area contributed by atoms with Gasteiger partial charge in [-0.15, -0.1) is 0 Å². The number of ether oxygens (including phenoxy) is 1. The lowest BCUT2D eigenvalue weighted by Gasteiger charge is -2.21. The van der Waals surface area contributed by atoms with Crippen molar-refractivity contribution < 1.29 is 14.3 Å². The second-order valence-electron chi connectivity index (χ2n) is 6.47. The Hall–Kier alpha value is -3.23. The van der Waals surface area contributed by atoms with Crippen molar-refractivity contribution in [1.29, 1.82) is 0 Å². The third-order valence-electron chi connectivity index (χ3n) is 4.33. The molecule has 0 saturated heterocycles. The molecule has 0 unspecified atom stereocenters. The number of halogens is 1. The average Bonchev–Trinajstić information content (AvgIpc) is 2.79. The minimum absolute atomic E-state index is 0.190. The molecule has 3 aromatic carbocycles. The fourth-order valence-electron chi connectivity index (χ4n) is 2.72. The molecular weight excluding hydrogens is 478 g/mol. The molecular formula is C23H20BrN3O3S. The molecule has 3 aromatic rings. The summed E-state index contributed by atoms with van der Waals surface area (Å²) >= 11 is 8.71. The predicted octanol–water partition coefficient (Wildman–Crippen LogP) is 4.38.